The van der Waals surface area contributed by atoms with Crippen molar-refractivity contribution in [1.82, 2.24) is 0 Å². The lowest BCUT2D eigenvalue weighted by Crippen LogP contribution is -2.15. The van der Waals surface area contributed by atoms with Gasteiger partial charge in [0.25, 0.3) is 0 Å². The summed E-state index contributed by atoms with van der Waals surface area (Å²) in [5.74, 6) is -0.747. The number of hydrogen-bond acceptors (Lipinski definition) is 1. The van der Waals surface area contributed by atoms with Crippen LogP contribution in [0.4, 0.5) is 8.78 Å². The summed E-state index contributed by atoms with van der Waals surface area (Å²) in [6.45, 7) is 0. The van der Waals surface area contributed by atoms with Gasteiger partial charge in [0.1, 0.15) is 0 Å². The third kappa shape index (κ3) is 1.46. The number of alkyl halides is 2. The standard InChI is InChI=1S/C6H9F2OP/c7-6(8,10)5(9)4-2-1-3-4/h9H,1-3,10H2. The molecule has 1 aliphatic rings. The summed E-state index contributed by atoms with van der Waals surface area (Å²) in [7, 11) is 1.32. The van der Waals surface area contributed by atoms with E-state index in [0.29, 0.717) is 18.4 Å². The molecule has 0 aromatic rings. The van der Waals surface area contributed by atoms with Crippen LogP contribution in [0.15, 0.2) is 11.3 Å². The molecule has 1 unspecified atom stereocenters. The Morgan fingerprint density at radius 2 is 2.00 bits per heavy atom. The Bertz CT molecular complexity index is 165. The lowest BCUT2D eigenvalue weighted by atomic mass is 9.91. The van der Waals surface area contributed by atoms with Gasteiger partial charge < -0.3 is 5.11 Å². The Kier molecular flexibility index (Phi) is 1.95. The molecule has 58 valence electrons. The predicted octanol–water partition coefficient (Wildman–Crippen LogP) is 2.45. The highest BCUT2D eigenvalue weighted by Crippen LogP contribution is 2.38. The lowest BCUT2D eigenvalue weighted by molar-refractivity contribution is 0.0865. The molecule has 1 atom stereocenters. The first kappa shape index (κ1) is 7.93. The molecule has 0 saturated heterocycles. The summed E-state index contributed by atoms with van der Waals surface area (Å²) in [6.07, 6.45) is 2.16. The third-order valence-corrected chi connectivity index (χ3v) is 1.88. The fourth-order valence-electron chi connectivity index (χ4n) is 0.826. The van der Waals surface area contributed by atoms with Crippen molar-refractivity contribution in [2.75, 3.05) is 0 Å². The van der Waals surface area contributed by atoms with Gasteiger partial charge in [-0.15, -0.1) is 0 Å². The Labute approximate surface area is 60.3 Å². The zero-order chi connectivity index (χ0) is 7.78. The van der Waals surface area contributed by atoms with Crippen LogP contribution in [0.2, 0.25) is 0 Å². The number of halogens is 2. The highest BCUT2D eigenvalue weighted by molar-refractivity contribution is 7.18. The molecule has 1 N–H and O–H groups in total. The fraction of sp³-hybridized carbons (Fsp3) is 0.667. The van der Waals surface area contributed by atoms with Gasteiger partial charge in [0, 0.05) is 0 Å². The second kappa shape index (κ2) is 2.46. The molecule has 1 fully saturated rings. The highest BCUT2D eigenvalue weighted by atomic mass is 31.0. The van der Waals surface area contributed by atoms with Gasteiger partial charge in [0.15, 0.2) is 5.76 Å². The average molecular weight is 166 g/mol. The minimum atomic E-state index is -3.12. The molecular weight excluding hydrogens is 157 g/mol. The van der Waals surface area contributed by atoms with Crippen LogP contribution in [0.1, 0.15) is 19.3 Å². The summed E-state index contributed by atoms with van der Waals surface area (Å²) in [5, 5.41) is 8.81. The summed E-state index contributed by atoms with van der Waals surface area (Å²) < 4.78 is 24.5. The van der Waals surface area contributed by atoms with Crippen LogP contribution in [0, 0.1) is 0 Å². The first-order valence-electron chi connectivity index (χ1n) is 3.10. The highest BCUT2D eigenvalue weighted by Gasteiger charge is 2.32. The predicted molar refractivity (Wildman–Crippen MR) is 38.2 cm³/mol. The van der Waals surface area contributed by atoms with Crippen LogP contribution in [0.3, 0.4) is 0 Å². The molecule has 10 heavy (non-hydrogen) atoms. The molecule has 1 nitrogen and oxygen atoms in total. The average Bonchev–Trinajstić information content (AvgIpc) is 1.57. The van der Waals surface area contributed by atoms with E-state index in [-0.39, 0.29) is 0 Å². The Balaban J connectivity index is 2.71. The summed E-state index contributed by atoms with van der Waals surface area (Å²) >= 11 is 0. The summed E-state index contributed by atoms with van der Waals surface area (Å²) in [5.41, 5.74) is -2.62. The van der Waals surface area contributed by atoms with Gasteiger partial charge in [0.05, 0.1) is 0 Å². The van der Waals surface area contributed by atoms with Crippen molar-refractivity contribution in [2.45, 2.75) is 24.9 Å². The second-order valence-corrected chi connectivity index (χ2v) is 3.15. The first-order chi connectivity index (χ1) is 4.52. The monoisotopic (exact) mass is 166 g/mol. The summed E-state index contributed by atoms with van der Waals surface area (Å²) in [4.78, 5) is 0. The molecule has 0 spiro atoms. The molecule has 0 aromatic heterocycles. The number of rotatable bonds is 1. The molecular formula is C6H9F2OP. The lowest BCUT2D eigenvalue weighted by Gasteiger charge is -2.21. The van der Waals surface area contributed by atoms with Crippen LogP contribution in [0.25, 0.3) is 0 Å². The molecule has 0 amide bonds. The number of allylic oxidation sites excluding steroid dienone is 2. The second-order valence-electron chi connectivity index (χ2n) is 2.43. The van der Waals surface area contributed by atoms with E-state index in [9.17, 15) is 8.78 Å². The first-order valence-corrected chi connectivity index (χ1v) is 3.67. The van der Waals surface area contributed by atoms with Crippen molar-refractivity contribution < 1.29 is 13.9 Å². The molecule has 0 radical (unpaired) electrons. The molecule has 0 aromatic carbocycles. The molecule has 0 aliphatic heterocycles. The van der Waals surface area contributed by atoms with Crippen LogP contribution in [0.5, 0.6) is 0 Å². The van der Waals surface area contributed by atoms with Crippen LogP contribution in [-0.4, -0.2) is 10.8 Å². The van der Waals surface area contributed by atoms with E-state index < -0.39 is 11.4 Å². The minimum Gasteiger partial charge on any atom is -0.506 e. The van der Waals surface area contributed by atoms with E-state index in [4.69, 9.17) is 5.11 Å². The van der Waals surface area contributed by atoms with Gasteiger partial charge in [0.2, 0.25) is 0 Å². The van der Waals surface area contributed by atoms with Crippen LogP contribution >= 0.6 is 9.24 Å². The van der Waals surface area contributed by atoms with Crippen molar-refractivity contribution in [3.05, 3.63) is 11.3 Å². The Morgan fingerprint density at radius 3 is 2.10 bits per heavy atom. The topological polar surface area (TPSA) is 20.2 Å². The van der Waals surface area contributed by atoms with Gasteiger partial charge in [-0.2, -0.15) is 8.78 Å². The van der Waals surface area contributed by atoms with Crippen LogP contribution in [-0.2, 0) is 0 Å². The van der Waals surface area contributed by atoms with E-state index in [1.807, 2.05) is 0 Å². The van der Waals surface area contributed by atoms with Gasteiger partial charge in [-0.3, -0.25) is 0 Å². The van der Waals surface area contributed by atoms with Gasteiger partial charge >= 0.3 is 5.66 Å². The maximum absolute atomic E-state index is 12.2. The molecule has 1 aliphatic carbocycles. The summed E-state index contributed by atoms with van der Waals surface area (Å²) in [6, 6.07) is 0. The van der Waals surface area contributed by atoms with Gasteiger partial charge in [-0.1, -0.05) is 9.24 Å². The quantitative estimate of drug-likeness (QED) is 0.468. The zero-order valence-corrected chi connectivity index (χ0v) is 6.56. The van der Waals surface area contributed by atoms with Crippen molar-refractivity contribution in [1.29, 1.82) is 0 Å². The minimum absolute atomic E-state index is 0.500. The molecule has 0 bridgehead atoms. The van der Waals surface area contributed by atoms with E-state index in [1.165, 1.54) is 9.24 Å². The van der Waals surface area contributed by atoms with Crippen molar-refractivity contribution in [3.63, 3.8) is 0 Å². The Hall–Kier alpha value is -0.170. The number of aliphatic hydroxyl groups is 1. The van der Waals surface area contributed by atoms with E-state index in [2.05, 4.69) is 0 Å². The van der Waals surface area contributed by atoms with E-state index in [1.54, 1.807) is 0 Å². The van der Waals surface area contributed by atoms with Crippen molar-refractivity contribution >= 4 is 9.24 Å². The normalized spacial score (nSPS) is 18.5. The van der Waals surface area contributed by atoms with Gasteiger partial charge in [-0.25, -0.2) is 0 Å². The van der Waals surface area contributed by atoms with E-state index in [0.717, 1.165) is 6.42 Å². The maximum atomic E-state index is 12.2. The van der Waals surface area contributed by atoms with Crippen molar-refractivity contribution in [3.8, 4) is 0 Å². The SMILES string of the molecule is OC(=C1CCC1)C(F)(F)P. The molecule has 0 heterocycles. The number of hydrogen-bond donors (Lipinski definition) is 1. The van der Waals surface area contributed by atoms with E-state index >= 15 is 0 Å². The maximum Gasteiger partial charge on any atom is 0.314 e. The van der Waals surface area contributed by atoms with Crippen LogP contribution < -0.4 is 0 Å². The Morgan fingerprint density at radius 1 is 1.50 bits per heavy atom. The number of aliphatic hydroxyl groups excluding tert-OH is 1. The van der Waals surface area contributed by atoms with Crippen molar-refractivity contribution in [2.24, 2.45) is 0 Å². The molecule has 4 heteroatoms. The fourth-order valence-corrected chi connectivity index (χ4v) is 1.03. The molecule has 1 rings (SSSR count). The smallest absolute Gasteiger partial charge is 0.314 e. The zero-order valence-electron chi connectivity index (χ0n) is 5.40. The third-order valence-electron chi connectivity index (χ3n) is 1.61. The van der Waals surface area contributed by atoms with Gasteiger partial charge in [-0.05, 0) is 24.8 Å². The molecule has 1 saturated carbocycles. The largest absolute Gasteiger partial charge is 0.506 e.